The van der Waals surface area contributed by atoms with E-state index < -0.39 is 18.9 Å². The van der Waals surface area contributed by atoms with Crippen molar-refractivity contribution >= 4 is 28.4 Å². The Bertz CT molecular complexity index is 1700. The molecule has 2 aromatic heterocycles. The number of oxazole rings is 1. The first-order valence-corrected chi connectivity index (χ1v) is 12.7. The quantitative estimate of drug-likeness (QED) is 0.199. The van der Waals surface area contributed by atoms with Crippen LogP contribution in [0.1, 0.15) is 16.5 Å². The highest BCUT2D eigenvalue weighted by Crippen LogP contribution is 2.40. The number of hydrogen-bond donors (Lipinski definition) is 1. The Morgan fingerprint density at radius 3 is 2.55 bits per heavy atom. The molecule has 40 heavy (non-hydrogen) atoms. The summed E-state index contributed by atoms with van der Waals surface area (Å²) in [5.41, 5.74) is 3.67. The lowest BCUT2D eigenvalue weighted by molar-refractivity contribution is -0.274. The number of aromatic nitrogens is 2. The number of benzene rings is 3. The summed E-state index contributed by atoms with van der Waals surface area (Å²) >= 11 is 1.28. The van der Waals surface area contributed by atoms with Gasteiger partial charge in [0, 0.05) is 12.5 Å². The third-order valence-corrected chi connectivity index (χ3v) is 6.71. The summed E-state index contributed by atoms with van der Waals surface area (Å²) in [6, 6.07) is 16.1. The summed E-state index contributed by atoms with van der Waals surface area (Å²) in [5, 5.41) is 9.39. The monoisotopic (exact) mass is 570 g/mol. The van der Waals surface area contributed by atoms with Crippen molar-refractivity contribution in [1.29, 1.82) is 0 Å². The average molecular weight is 571 g/mol. The molecular weight excluding hydrogens is 549 g/mol. The van der Waals surface area contributed by atoms with E-state index in [1.807, 2.05) is 12.1 Å². The Morgan fingerprint density at radius 2 is 1.80 bits per heavy atom. The van der Waals surface area contributed by atoms with Crippen molar-refractivity contribution in [2.24, 2.45) is 0 Å². The van der Waals surface area contributed by atoms with Crippen LogP contribution in [0.15, 0.2) is 65.1 Å². The van der Waals surface area contributed by atoms with E-state index in [2.05, 4.69) is 9.72 Å². The number of aliphatic carboxylic acids is 1. The van der Waals surface area contributed by atoms with Crippen LogP contribution < -0.4 is 14.2 Å². The molecule has 3 aromatic carbocycles. The Hall–Kier alpha value is -4.58. The van der Waals surface area contributed by atoms with Crippen molar-refractivity contribution in [2.75, 3.05) is 6.61 Å². The minimum absolute atomic E-state index is 0.0799. The highest BCUT2D eigenvalue weighted by atomic mass is 32.1. The van der Waals surface area contributed by atoms with Gasteiger partial charge < -0.3 is 23.7 Å². The smallest absolute Gasteiger partial charge is 0.486 e. The highest BCUT2D eigenvalue weighted by Gasteiger charge is 2.31. The second-order valence-corrected chi connectivity index (χ2v) is 9.76. The predicted octanol–water partition coefficient (Wildman–Crippen LogP) is 7.18. The predicted molar refractivity (Wildman–Crippen MR) is 141 cm³/mol. The molecular formula is C28H21F3N2O6S. The van der Waals surface area contributed by atoms with Gasteiger partial charge in [-0.15, -0.1) is 24.5 Å². The molecule has 5 aromatic rings. The summed E-state index contributed by atoms with van der Waals surface area (Å²) < 4.78 is 59.5. The molecule has 0 spiro atoms. The number of carboxylic acid groups (broad SMARTS) is 1. The third-order valence-electron chi connectivity index (χ3n) is 5.63. The maximum Gasteiger partial charge on any atom is 0.573 e. The SMILES string of the molecule is Cc1nc2cc(-c3nc(COc4ccc(OCC(=O)O)c(C)c4)sc3-c3cccc(OC(F)(F)F)c3)ccc2o1. The van der Waals surface area contributed by atoms with E-state index in [0.29, 0.717) is 60.8 Å². The first kappa shape index (κ1) is 27.0. The molecule has 0 radical (unpaired) electrons. The molecule has 0 bridgehead atoms. The normalized spacial score (nSPS) is 11.5. The molecule has 12 heteroatoms. The number of hydrogen-bond acceptors (Lipinski definition) is 8. The van der Waals surface area contributed by atoms with Crippen molar-refractivity contribution in [3.8, 4) is 38.9 Å². The number of carboxylic acids is 1. The van der Waals surface area contributed by atoms with Gasteiger partial charge in [-0.1, -0.05) is 12.1 Å². The summed E-state index contributed by atoms with van der Waals surface area (Å²) in [7, 11) is 0. The molecule has 206 valence electrons. The fraction of sp³-hybridized carbons (Fsp3) is 0.179. The van der Waals surface area contributed by atoms with Crippen LogP contribution in [-0.2, 0) is 11.4 Å². The van der Waals surface area contributed by atoms with E-state index in [0.717, 1.165) is 0 Å². The molecule has 8 nitrogen and oxygen atoms in total. The number of rotatable bonds is 9. The molecule has 0 aliphatic carbocycles. The van der Waals surface area contributed by atoms with Gasteiger partial charge in [0.1, 0.15) is 34.4 Å². The van der Waals surface area contributed by atoms with Crippen molar-refractivity contribution in [3.63, 3.8) is 0 Å². The number of carbonyl (C=O) groups is 1. The van der Waals surface area contributed by atoms with Gasteiger partial charge in [0.2, 0.25) is 0 Å². The lowest BCUT2D eigenvalue weighted by Crippen LogP contribution is -2.17. The zero-order chi connectivity index (χ0) is 28.4. The molecule has 0 saturated heterocycles. The standard InChI is InChI=1S/C28H21F3N2O6S/c1-15-10-19(7-9-22(15)37-14-25(34)35)36-13-24-33-26(17-6-8-23-21(12-17)32-16(2)38-23)27(40-24)18-4-3-5-20(11-18)39-28(29,30)31/h3-12H,13-14H2,1-2H3,(H,34,35). The summed E-state index contributed by atoms with van der Waals surface area (Å²) in [4.78, 5) is 20.5. The Morgan fingerprint density at radius 1 is 0.975 bits per heavy atom. The van der Waals surface area contributed by atoms with Crippen LogP contribution in [-0.4, -0.2) is 34.0 Å². The van der Waals surface area contributed by atoms with E-state index in [9.17, 15) is 18.0 Å². The van der Waals surface area contributed by atoms with Crippen LogP contribution in [0.5, 0.6) is 17.2 Å². The number of nitrogens with zero attached hydrogens (tertiary/aromatic N) is 2. The zero-order valence-electron chi connectivity index (χ0n) is 21.1. The fourth-order valence-corrected chi connectivity index (χ4v) is 5.00. The van der Waals surface area contributed by atoms with Crippen molar-refractivity contribution in [2.45, 2.75) is 26.8 Å². The van der Waals surface area contributed by atoms with Gasteiger partial charge in [-0.25, -0.2) is 14.8 Å². The largest absolute Gasteiger partial charge is 0.573 e. The van der Waals surface area contributed by atoms with E-state index in [-0.39, 0.29) is 12.4 Å². The lowest BCUT2D eigenvalue weighted by atomic mass is 10.1. The van der Waals surface area contributed by atoms with Gasteiger partial charge in [0.05, 0.1) is 10.6 Å². The van der Waals surface area contributed by atoms with Crippen LogP contribution in [0.3, 0.4) is 0 Å². The minimum atomic E-state index is -4.82. The highest BCUT2D eigenvalue weighted by molar-refractivity contribution is 7.15. The molecule has 0 atom stereocenters. The maximum atomic E-state index is 12.9. The topological polar surface area (TPSA) is 104 Å². The third kappa shape index (κ3) is 6.34. The molecule has 5 rings (SSSR count). The molecule has 0 aliphatic rings. The van der Waals surface area contributed by atoms with Crippen LogP contribution >= 0.6 is 11.3 Å². The van der Waals surface area contributed by atoms with E-state index in [1.165, 1.54) is 29.5 Å². The number of thiazole rings is 1. The molecule has 0 unspecified atom stereocenters. The second-order valence-electron chi connectivity index (χ2n) is 8.67. The molecule has 0 amide bonds. The van der Waals surface area contributed by atoms with Gasteiger partial charge in [0.25, 0.3) is 0 Å². The van der Waals surface area contributed by atoms with Gasteiger partial charge >= 0.3 is 12.3 Å². The maximum absolute atomic E-state index is 12.9. The van der Waals surface area contributed by atoms with Crippen molar-refractivity contribution in [3.05, 3.63) is 77.1 Å². The molecule has 0 saturated carbocycles. The van der Waals surface area contributed by atoms with Crippen molar-refractivity contribution in [1.82, 2.24) is 9.97 Å². The zero-order valence-corrected chi connectivity index (χ0v) is 21.9. The van der Waals surface area contributed by atoms with E-state index in [4.69, 9.17) is 24.0 Å². The minimum Gasteiger partial charge on any atom is -0.486 e. The molecule has 2 heterocycles. The van der Waals surface area contributed by atoms with Gasteiger partial charge in [0.15, 0.2) is 18.1 Å². The fourth-order valence-electron chi connectivity index (χ4n) is 4.00. The summed E-state index contributed by atoms with van der Waals surface area (Å²) in [6.45, 7) is 3.13. The Kier molecular flexibility index (Phi) is 7.35. The number of aryl methyl sites for hydroxylation is 2. The van der Waals surface area contributed by atoms with E-state index in [1.54, 1.807) is 44.2 Å². The Labute approximate surface area is 229 Å². The van der Waals surface area contributed by atoms with Crippen LogP contribution in [0.2, 0.25) is 0 Å². The Balaban J connectivity index is 1.46. The van der Waals surface area contributed by atoms with Gasteiger partial charge in [-0.3, -0.25) is 0 Å². The first-order valence-electron chi connectivity index (χ1n) is 11.9. The average Bonchev–Trinajstić information content (AvgIpc) is 3.48. The van der Waals surface area contributed by atoms with Gasteiger partial charge in [-0.2, -0.15) is 0 Å². The first-order chi connectivity index (χ1) is 19.0. The van der Waals surface area contributed by atoms with Crippen LogP contribution in [0.4, 0.5) is 13.2 Å². The molecule has 1 N–H and O–H groups in total. The number of alkyl halides is 3. The van der Waals surface area contributed by atoms with Crippen LogP contribution in [0, 0.1) is 13.8 Å². The molecule has 0 aliphatic heterocycles. The van der Waals surface area contributed by atoms with Gasteiger partial charge in [-0.05, 0) is 66.6 Å². The summed E-state index contributed by atoms with van der Waals surface area (Å²) in [6.07, 6.45) is -4.82. The van der Waals surface area contributed by atoms with E-state index >= 15 is 0 Å². The second kappa shape index (κ2) is 10.9. The number of ether oxygens (including phenoxy) is 3. The molecule has 0 fully saturated rings. The van der Waals surface area contributed by atoms with Crippen LogP contribution in [0.25, 0.3) is 32.8 Å². The lowest BCUT2D eigenvalue weighted by Gasteiger charge is -2.10. The number of halogens is 3. The van der Waals surface area contributed by atoms with Crippen molar-refractivity contribution < 1.29 is 41.7 Å². The number of fused-ring (bicyclic) bond motifs is 1. The summed E-state index contributed by atoms with van der Waals surface area (Å²) in [5.74, 6) is 0.0202.